The van der Waals surface area contributed by atoms with Gasteiger partial charge in [-0.15, -0.1) is 11.3 Å². The van der Waals surface area contributed by atoms with Crippen molar-refractivity contribution in [3.63, 3.8) is 0 Å². The van der Waals surface area contributed by atoms with E-state index in [2.05, 4.69) is 15.4 Å². The first-order valence-corrected chi connectivity index (χ1v) is 8.32. The summed E-state index contributed by atoms with van der Waals surface area (Å²) in [7, 11) is 0. The van der Waals surface area contributed by atoms with Gasteiger partial charge in [0.2, 0.25) is 0 Å². The molecule has 0 fully saturated rings. The van der Waals surface area contributed by atoms with Gasteiger partial charge >= 0.3 is 5.69 Å². The number of rotatable bonds is 5. The van der Waals surface area contributed by atoms with Gasteiger partial charge in [-0.05, 0) is 31.5 Å². The number of benzene rings is 1. The largest absolute Gasteiger partial charge is 0.312 e. The van der Waals surface area contributed by atoms with Crippen molar-refractivity contribution in [2.75, 3.05) is 5.32 Å². The fourth-order valence-corrected chi connectivity index (χ4v) is 3.02. The normalized spacial score (nSPS) is 10.6. The topological polar surface area (TPSA) is 103 Å². The molecule has 0 radical (unpaired) electrons. The van der Waals surface area contributed by atoms with Crippen LogP contribution >= 0.6 is 11.3 Å². The highest BCUT2D eigenvalue weighted by Gasteiger charge is 2.21. The first-order chi connectivity index (χ1) is 12.0. The monoisotopic (exact) mass is 357 g/mol. The number of thiazole rings is 1. The Labute approximate surface area is 147 Å². The minimum absolute atomic E-state index is 0.0412. The van der Waals surface area contributed by atoms with Crippen LogP contribution in [0.15, 0.2) is 35.8 Å². The third-order valence-corrected chi connectivity index (χ3v) is 4.42. The summed E-state index contributed by atoms with van der Waals surface area (Å²) >= 11 is 1.35. The molecular formula is C16H15N5O3S. The van der Waals surface area contributed by atoms with Crippen LogP contribution in [0.1, 0.15) is 27.3 Å². The Balaban J connectivity index is 1.74. The van der Waals surface area contributed by atoms with Crippen LogP contribution in [0, 0.1) is 24.0 Å². The molecule has 25 heavy (non-hydrogen) atoms. The molecule has 8 nitrogen and oxygen atoms in total. The van der Waals surface area contributed by atoms with Crippen LogP contribution < -0.4 is 5.32 Å². The molecule has 0 spiro atoms. The van der Waals surface area contributed by atoms with E-state index in [1.807, 2.05) is 0 Å². The van der Waals surface area contributed by atoms with Crippen LogP contribution in [0.25, 0.3) is 0 Å². The molecule has 3 aromatic rings. The van der Waals surface area contributed by atoms with Crippen molar-refractivity contribution in [2.45, 2.75) is 20.4 Å². The Bertz CT molecular complexity index is 916. The number of hydrogen-bond donors (Lipinski definition) is 1. The number of nitrogens with one attached hydrogen (secondary N) is 1. The molecule has 128 valence electrons. The summed E-state index contributed by atoms with van der Waals surface area (Å²) in [5.74, 6) is -0.233. The first kappa shape index (κ1) is 16.8. The minimum atomic E-state index is -0.416. The van der Waals surface area contributed by atoms with Crippen molar-refractivity contribution in [2.24, 2.45) is 0 Å². The van der Waals surface area contributed by atoms with E-state index in [0.717, 1.165) is 5.56 Å². The lowest BCUT2D eigenvalue weighted by Crippen LogP contribution is -2.12. The van der Waals surface area contributed by atoms with Gasteiger partial charge in [-0.25, -0.2) is 4.98 Å². The van der Waals surface area contributed by atoms with Gasteiger partial charge in [0.05, 0.1) is 11.5 Å². The van der Waals surface area contributed by atoms with Crippen molar-refractivity contribution in [3.8, 4) is 0 Å². The van der Waals surface area contributed by atoms with Gasteiger partial charge < -0.3 is 0 Å². The molecule has 0 aliphatic rings. The molecule has 0 bridgehead atoms. The summed E-state index contributed by atoms with van der Waals surface area (Å²) in [4.78, 5) is 26.8. The predicted octanol–water partition coefficient (Wildman–Crippen LogP) is 3.17. The molecule has 9 heteroatoms. The maximum absolute atomic E-state index is 12.1. The molecule has 3 rings (SSSR count). The van der Waals surface area contributed by atoms with E-state index in [1.165, 1.54) is 11.3 Å². The summed E-state index contributed by atoms with van der Waals surface area (Å²) in [5.41, 5.74) is 2.35. The maximum atomic E-state index is 12.1. The second-order valence-corrected chi connectivity index (χ2v) is 6.32. The summed E-state index contributed by atoms with van der Waals surface area (Å²) in [5, 5.41) is 20.3. The lowest BCUT2D eigenvalue weighted by Gasteiger charge is -2.06. The molecule has 0 unspecified atom stereocenters. The molecule has 1 aromatic carbocycles. The van der Waals surface area contributed by atoms with Crippen molar-refractivity contribution < 1.29 is 9.72 Å². The van der Waals surface area contributed by atoms with Crippen LogP contribution in [0.4, 0.5) is 10.8 Å². The highest BCUT2D eigenvalue weighted by Crippen LogP contribution is 2.22. The van der Waals surface area contributed by atoms with E-state index in [1.54, 1.807) is 54.4 Å². The highest BCUT2D eigenvalue weighted by atomic mass is 32.1. The molecule has 0 saturated carbocycles. The Hall–Kier alpha value is -3.07. The van der Waals surface area contributed by atoms with Crippen molar-refractivity contribution in [1.29, 1.82) is 0 Å². The van der Waals surface area contributed by atoms with Crippen LogP contribution in [0.2, 0.25) is 0 Å². The maximum Gasteiger partial charge on any atom is 0.312 e. The number of nitro groups is 1. The van der Waals surface area contributed by atoms with Crippen molar-refractivity contribution in [3.05, 3.63) is 68.5 Å². The number of hydrogen-bond acceptors (Lipinski definition) is 6. The average molecular weight is 357 g/mol. The van der Waals surface area contributed by atoms with Gasteiger partial charge in [0, 0.05) is 17.1 Å². The van der Waals surface area contributed by atoms with E-state index >= 15 is 0 Å². The molecule has 0 atom stereocenters. The summed E-state index contributed by atoms with van der Waals surface area (Å²) in [6.45, 7) is 3.69. The average Bonchev–Trinajstić information content (AvgIpc) is 3.16. The van der Waals surface area contributed by atoms with Gasteiger partial charge in [-0.1, -0.05) is 12.1 Å². The lowest BCUT2D eigenvalue weighted by atomic mass is 10.1. The fourth-order valence-electron chi connectivity index (χ4n) is 2.49. The van der Waals surface area contributed by atoms with E-state index < -0.39 is 4.92 Å². The van der Waals surface area contributed by atoms with E-state index in [0.29, 0.717) is 28.6 Å². The van der Waals surface area contributed by atoms with Gasteiger partial charge in [-0.3, -0.25) is 24.9 Å². The third kappa shape index (κ3) is 3.56. The number of nitrogens with zero attached hydrogens (tertiary/aromatic N) is 4. The molecule has 0 aliphatic heterocycles. The van der Waals surface area contributed by atoms with Crippen molar-refractivity contribution in [1.82, 2.24) is 14.8 Å². The van der Waals surface area contributed by atoms with Crippen molar-refractivity contribution >= 4 is 28.1 Å². The molecule has 2 heterocycles. The van der Waals surface area contributed by atoms with Gasteiger partial charge in [-0.2, -0.15) is 5.10 Å². The van der Waals surface area contributed by atoms with Gasteiger partial charge in [0.1, 0.15) is 11.4 Å². The number of carbonyl (C=O) groups is 1. The summed E-state index contributed by atoms with van der Waals surface area (Å²) in [6.07, 6.45) is 1.62. The predicted molar refractivity (Wildman–Crippen MR) is 94.0 cm³/mol. The van der Waals surface area contributed by atoms with E-state index in [-0.39, 0.29) is 11.6 Å². The number of aryl methyl sites for hydroxylation is 1. The van der Waals surface area contributed by atoms with Gasteiger partial charge in [0.15, 0.2) is 5.13 Å². The molecule has 1 N–H and O–H groups in total. The smallest absolute Gasteiger partial charge is 0.298 e. The minimum Gasteiger partial charge on any atom is -0.298 e. The number of anilines is 1. The van der Waals surface area contributed by atoms with Crippen LogP contribution in [-0.4, -0.2) is 25.6 Å². The Kier molecular flexibility index (Phi) is 4.57. The summed E-state index contributed by atoms with van der Waals surface area (Å²) in [6, 6.07) is 7.02. The van der Waals surface area contributed by atoms with Crippen LogP contribution in [0.3, 0.4) is 0 Å². The second kappa shape index (κ2) is 6.81. The fraction of sp³-hybridized carbons (Fsp3) is 0.188. The zero-order valence-corrected chi connectivity index (χ0v) is 14.4. The van der Waals surface area contributed by atoms with Crippen LogP contribution in [-0.2, 0) is 6.54 Å². The molecule has 1 amide bonds. The standard InChI is InChI=1S/C16H15N5O3S/c1-10-14(21(23)24)11(2)20(19-10)9-12-3-5-13(6-4-12)15(22)18-16-17-7-8-25-16/h3-8H,9H2,1-2H3,(H,17,18,22). The van der Waals surface area contributed by atoms with Gasteiger partial charge in [0.25, 0.3) is 5.91 Å². The summed E-state index contributed by atoms with van der Waals surface area (Å²) < 4.78 is 1.60. The quantitative estimate of drug-likeness (QED) is 0.558. The number of carbonyl (C=O) groups excluding carboxylic acids is 1. The number of aromatic nitrogens is 3. The van der Waals surface area contributed by atoms with E-state index in [9.17, 15) is 14.9 Å². The molecular weight excluding hydrogens is 342 g/mol. The Morgan fingerprint density at radius 2 is 2.04 bits per heavy atom. The molecule has 0 aliphatic carbocycles. The van der Waals surface area contributed by atoms with E-state index in [4.69, 9.17) is 0 Å². The SMILES string of the molecule is Cc1nn(Cc2ccc(C(=O)Nc3nccs3)cc2)c(C)c1[N+](=O)[O-]. The molecule has 2 aromatic heterocycles. The van der Waals surface area contributed by atoms with Crippen LogP contribution in [0.5, 0.6) is 0 Å². The Morgan fingerprint density at radius 3 is 2.60 bits per heavy atom. The first-order valence-electron chi connectivity index (χ1n) is 7.44. The molecule has 0 saturated heterocycles. The zero-order chi connectivity index (χ0) is 18.0. The Morgan fingerprint density at radius 1 is 1.32 bits per heavy atom. The lowest BCUT2D eigenvalue weighted by molar-refractivity contribution is -0.386. The highest BCUT2D eigenvalue weighted by molar-refractivity contribution is 7.13. The zero-order valence-electron chi connectivity index (χ0n) is 13.6. The second-order valence-electron chi connectivity index (χ2n) is 5.42. The number of amides is 1. The third-order valence-electron chi connectivity index (χ3n) is 3.73.